The van der Waals surface area contributed by atoms with Crippen LogP contribution in [0.5, 0.6) is 0 Å². The van der Waals surface area contributed by atoms with Crippen LogP contribution in [0.1, 0.15) is 48.6 Å². The molecule has 0 radical (unpaired) electrons. The zero-order chi connectivity index (χ0) is 14.1. The largest absolute Gasteiger partial charge is 0.381 e. The van der Waals surface area contributed by atoms with E-state index in [-0.39, 0.29) is 0 Å². The molecule has 0 N–H and O–H groups in total. The van der Waals surface area contributed by atoms with Crippen molar-refractivity contribution in [3.63, 3.8) is 0 Å². The number of rotatable bonds is 3. The molecule has 0 spiro atoms. The average molecular weight is 307 g/mol. The van der Waals surface area contributed by atoms with Gasteiger partial charge in [0.05, 0.1) is 12.2 Å². The second kappa shape index (κ2) is 6.37. The summed E-state index contributed by atoms with van der Waals surface area (Å²) in [4.78, 5) is 4.15. The van der Waals surface area contributed by atoms with Crippen molar-refractivity contribution in [1.82, 2.24) is 4.90 Å². The molecule has 0 amide bonds. The Morgan fingerprint density at radius 2 is 2.19 bits per heavy atom. The van der Waals surface area contributed by atoms with Gasteiger partial charge in [0, 0.05) is 37.2 Å². The van der Waals surface area contributed by atoms with Crippen molar-refractivity contribution >= 4 is 11.3 Å². The van der Waals surface area contributed by atoms with Gasteiger partial charge in [-0.1, -0.05) is 0 Å². The lowest BCUT2D eigenvalue weighted by Gasteiger charge is -2.26. The monoisotopic (exact) mass is 307 g/mol. The van der Waals surface area contributed by atoms with Gasteiger partial charge in [-0.05, 0) is 55.5 Å². The molecule has 3 nitrogen and oxygen atoms in total. The zero-order valence-electron chi connectivity index (χ0n) is 12.6. The highest BCUT2D eigenvalue weighted by Crippen LogP contribution is 2.39. The third-order valence-corrected chi connectivity index (χ3v) is 6.27. The number of ether oxygens (including phenoxy) is 2. The third-order valence-electron chi connectivity index (χ3n) is 5.22. The summed E-state index contributed by atoms with van der Waals surface area (Å²) in [6, 6.07) is 3.00. The summed E-state index contributed by atoms with van der Waals surface area (Å²) in [6.07, 6.45) is 8.13. The van der Waals surface area contributed by atoms with Crippen molar-refractivity contribution in [1.29, 1.82) is 0 Å². The molecule has 1 aliphatic carbocycles. The molecule has 4 heteroatoms. The number of nitrogens with zero attached hydrogens (tertiary/aromatic N) is 1. The van der Waals surface area contributed by atoms with E-state index in [4.69, 9.17) is 9.47 Å². The molecule has 0 aromatic carbocycles. The molecule has 1 aromatic heterocycles. The Kier molecular flexibility index (Phi) is 4.30. The van der Waals surface area contributed by atoms with Crippen LogP contribution in [-0.4, -0.2) is 43.3 Å². The predicted octanol–water partition coefficient (Wildman–Crippen LogP) is 3.40. The van der Waals surface area contributed by atoms with Gasteiger partial charge in [-0.15, -0.1) is 11.3 Å². The van der Waals surface area contributed by atoms with Crippen LogP contribution >= 0.6 is 11.3 Å². The molecule has 3 heterocycles. The van der Waals surface area contributed by atoms with E-state index >= 15 is 0 Å². The minimum Gasteiger partial charge on any atom is -0.381 e. The minimum absolute atomic E-state index is 0.377. The molecule has 2 fully saturated rings. The smallest absolute Gasteiger partial charge is 0.0927 e. The molecule has 4 rings (SSSR count). The van der Waals surface area contributed by atoms with Gasteiger partial charge in [-0.2, -0.15) is 0 Å². The van der Waals surface area contributed by atoms with Crippen molar-refractivity contribution in [3.05, 3.63) is 21.9 Å². The van der Waals surface area contributed by atoms with Crippen LogP contribution < -0.4 is 0 Å². The number of aryl methyl sites for hydroxylation is 1. The van der Waals surface area contributed by atoms with E-state index in [1.165, 1.54) is 55.5 Å². The van der Waals surface area contributed by atoms with Crippen LogP contribution in [0, 0.1) is 0 Å². The predicted molar refractivity (Wildman–Crippen MR) is 84.9 cm³/mol. The molecular weight excluding hydrogens is 282 g/mol. The topological polar surface area (TPSA) is 21.7 Å². The molecule has 2 unspecified atom stereocenters. The molecule has 1 aromatic rings. The molecule has 2 aliphatic heterocycles. The van der Waals surface area contributed by atoms with Crippen molar-refractivity contribution in [3.8, 4) is 0 Å². The zero-order valence-corrected chi connectivity index (χ0v) is 13.4. The maximum absolute atomic E-state index is 6.45. The lowest BCUT2D eigenvalue weighted by atomic mass is 10.1. The van der Waals surface area contributed by atoms with E-state index in [1.807, 2.05) is 11.3 Å². The van der Waals surface area contributed by atoms with Gasteiger partial charge >= 0.3 is 0 Å². The Labute approximate surface area is 131 Å². The fraction of sp³-hybridized carbons (Fsp3) is 0.765. The molecule has 0 bridgehead atoms. The quantitative estimate of drug-likeness (QED) is 0.854. The molecule has 21 heavy (non-hydrogen) atoms. The standard InChI is InChI=1S/C17H25NO2S/c1-2-14(6-10-19-9-1)18-8-5-15(12-18)20-16-4-3-13-7-11-21-17(13)16/h7,11,14-16H,1-6,8-10,12H2/t14?,15-,16?/m1/s1. The lowest BCUT2D eigenvalue weighted by molar-refractivity contribution is -0.00739. The molecule has 0 saturated carbocycles. The first kappa shape index (κ1) is 14.2. The summed E-state index contributed by atoms with van der Waals surface area (Å²) in [5.41, 5.74) is 1.53. The summed E-state index contributed by atoms with van der Waals surface area (Å²) in [6.45, 7) is 4.22. The van der Waals surface area contributed by atoms with Gasteiger partial charge in [0.15, 0.2) is 0 Å². The number of likely N-dealkylation sites (tertiary alicyclic amines) is 1. The van der Waals surface area contributed by atoms with E-state index in [0.29, 0.717) is 12.2 Å². The van der Waals surface area contributed by atoms with Gasteiger partial charge in [-0.25, -0.2) is 0 Å². The number of fused-ring (bicyclic) bond motifs is 1. The van der Waals surface area contributed by atoms with Crippen molar-refractivity contribution in [2.24, 2.45) is 0 Å². The fourth-order valence-electron chi connectivity index (χ4n) is 4.06. The van der Waals surface area contributed by atoms with Crippen LogP contribution in [0.4, 0.5) is 0 Å². The van der Waals surface area contributed by atoms with E-state index in [1.54, 1.807) is 0 Å². The maximum Gasteiger partial charge on any atom is 0.0927 e. The third kappa shape index (κ3) is 3.04. The average Bonchev–Trinajstić information content (AvgIpc) is 3.15. The summed E-state index contributed by atoms with van der Waals surface area (Å²) in [7, 11) is 0. The van der Waals surface area contributed by atoms with Gasteiger partial charge in [0.1, 0.15) is 0 Å². The minimum atomic E-state index is 0.377. The summed E-state index contributed by atoms with van der Waals surface area (Å²) >= 11 is 1.88. The maximum atomic E-state index is 6.45. The van der Waals surface area contributed by atoms with E-state index in [9.17, 15) is 0 Å². The summed E-state index contributed by atoms with van der Waals surface area (Å²) in [5, 5.41) is 2.21. The second-order valence-electron chi connectivity index (χ2n) is 6.58. The number of hydrogen-bond acceptors (Lipinski definition) is 4. The first-order chi connectivity index (χ1) is 10.4. The Balaban J connectivity index is 1.32. The van der Waals surface area contributed by atoms with E-state index < -0.39 is 0 Å². The van der Waals surface area contributed by atoms with Gasteiger partial charge in [-0.3, -0.25) is 4.90 Å². The van der Waals surface area contributed by atoms with Gasteiger partial charge in [0.25, 0.3) is 0 Å². The molecule has 116 valence electrons. The van der Waals surface area contributed by atoms with Crippen LogP contribution in [-0.2, 0) is 15.9 Å². The van der Waals surface area contributed by atoms with Crippen molar-refractivity contribution in [2.75, 3.05) is 26.3 Å². The summed E-state index contributed by atoms with van der Waals surface area (Å²) < 4.78 is 12.0. The van der Waals surface area contributed by atoms with Crippen molar-refractivity contribution in [2.45, 2.75) is 56.8 Å². The molecule has 2 saturated heterocycles. The van der Waals surface area contributed by atoms with Crippen LogP contribution in [0.3, 0.4) is 0 Å². The highest BCUT2D eigenvalue weighted by molar-refractivity contribution is 7.10. The number of hydrogen-bond donors (Lipinski definition) is 0. The summed E-state index contributed by atoms with van der Waals surface area (Å²) in [5.74, 6) is 0. The molecular formula is C17H25NO2S. The Hall–Kier alpha value is -0.420. The normalized spacial score (nSPS) is 34.0. The first-order valence-electron chi connectivity index (χ1n) is 8.43. The van der Waals surface area contributed by atoms with Crippen LogP contribution in [0.15, 0.2) is 11.4 Å². The molecule has 3 atom stereocenters. The number of thiophene rings is 1. The van der Waals surface area contributed by atoms with Gasteiger partial charge in [0.2, 0.25) is 0 Å². The highest BCUT2D eigenvalue weighted by atomic mass is 32.1. The van der Waals surface area contributed by atoms with Gasteiger partial charge < -0.3 is 9.47 Å². The molecule has 3 aliphatic rings. The first-order valence-corrected chi connectivity index (χ1v) is 9.31. The van der Waals surface area contributed by atoms with Crippen molar-refractivity contribution < 1.29 is 9.47 Å². The highest BCUT2D eigenvalue weighted by Gasteiger charge is 2.33. The Morgan fingerprint density at radius 3 is 3.19 bits per heavy atom. The second-order valence-corrected chi connectivity index (χ2v) is 7.52. The Morgan fingerprint density at radius 1 is 1.19 bits per heavy atom. The van der Waals surface area contributed by atoms with E-state index in [2.05, 4.69) is 16.3 Å². The lowest BCUT2D eigenvalue weighted by Crippen LogP contribution is -2.34. The van der Waals surface area contributed by atoms with Crippen LogP contribution in [0.25, 0.3) is 0 Å². The Bertz CT molecular complexity index is 467. The van der Waals surface area contributed by atoms with E-state index in [0.717, 1.165) is 25.8 Å². The van der Waals surface area contributed by atoms with Crippen LogP contribution in [0.2, 0.25) is 0 Å². The fourth-order valence-corrected chi connectivity index (χ4v) is 5.09. The SMILES string of the molecule is c1cc2c(s1)C(O[C@@H]1CCN(C3CCCOCC3)C1)CC2.